The molecule has 0 unspecified atom stereocenters. The van der Waals surface area contributed by atoms with Crippen LogP contribution < -0.4 is 4.74 Å². The van der Waals surface area contributed by atoms with Gasteiger partial charge < -0.3 is 9.47 Å². The van der Waals surface area contributed by atoms with E-state index in [1.165, 1.54) is 17.7 Å². The average molecular weight is 438 g/mol. The predicted molar refractivity (Wildman–Crippen MR) is 127 cm³/mol. The quantitative estimate of drug-likeness (QED) is 0.295. The van der Waals surface area contributed by atoms with Gasteiger partial charge in [-0.2, -0.15) is 0 Å². The number of aryl methyl sites for hydroxylation is 1. The fourth-order valence-electron chi connectivity index (χ4n) is 3.66. The Balaban J connectivity index is 2.33. The van der Waals surface area contributed by atoms with E-state index in [4.69, 9.17) is 14.5 Å². The molecule has 0 aliphatic rings. The maximum atomic E-state index is 14.1. The lowest BCUT2D eigenvalue weighted by molar-refractivity contribution is 0.0522. The van der Waals surface area contributed by atoms with E-state index in [1.54, 1.807) is 13.0 Å². The van der Waals surface area contributed by atoms with Gasteiger partial charge >= 0.3 is 5.97 Å². The second-order valence-electron chi connectivity index (χ2n) is 9.03. The second-order valence-corrected chi connectivity index (χ2v) is 9.03. The predicted octanol–water partition coefficient (Wildman–Crippen LogP) is 7.00. The molecule has 32 heavy (non-hydrogen) atoms. The van der Waals surface area contributed by atoms with E-state index in [-0.39, 0.29) is 17.6 Å². The van der Waals surface area contributed by atoms with Crippen molar-refractivity contribution in [3.8, 4) is 17.0 Å². The van der Waals surface area contributed by atoms with Crippen LogP contribution in [0.4, 0.5) is 4.39 Å². The van der Waals surface area contributed by atoms with Gasteiger partial charge in [0.05, 0.1) is 24.4 Å². The Bertz CT molecular complexity index is 1130. The summed E-state index contributed by atoms with van der Waals surface area (Å²) >= 11 is 0. The molecule has 0 amide bonds. The Hall–Kier alpha value is -2.95. The number of hydrogen-bond acceptors (Lipinski definition) is 4. The van der Waals surface area contributed by atoms with E-state index in [9.17, 15) is 9.18 Å². The molecular weight excluding hydrogens is 405 g/mol. The number of ether oxygens (including phenoxy) is 2. The molecule has 170 valence electrons. The number of carbonyl (C=O) groups excluding carboxylic acids is 1. The van der Waals surface area contributed by atoms with E-state index in [2.05, 4.69) is 39.8 Å². The zero-order chi connectivity index (χ0) is 23.5. The van der Waals surface area contributed by atoms with Gasteiger partial charge in [0, 0.05) is 10.9 Å². The Labute approximate surface area is 189 Å². The largest absolute Gasteiger partial charge is 0.492 e. The van der Waals surface area contributed by atoms with Crippen LogP contribution in [0.25, 0.3) is 22.2 Å². The van der Waals surface area contributed by atoms with Crippen LogP contribution in [0.1, 0.15) is 68.9 Å². The average Bonchev–Trinajstić information content (AvgIpc) is 2.73. The Morgan fingerprint density at radius 1 is 1.09 bits per heavy atom. The first kappa shape index (κ1) is 23.7. The Kier molecular flexibility index (Phi) is 7.17. The number of fused-ring (bicyclic) bond motifs is 1. The lowest BCUT2D eigenvalue weighted by atomic mass is 9.84. The van der Waals surface area contributed by atoms with Crippen molar-refractivity contribution >= 4 is 16.9 Å². The molecule has 1 heterocycles. The normalized spacial score (nSPS) is 11.6. The van der Waals surface area contributed by atoms with Gasteiger partial charge in [-0.3, -0.25) is 0 Å². The summed E-state index contributed by atoms with van der Waals surface area (Å²) in [5.74, 6) is -0.601. The highest BCUT2D eigenvalue weighted by molar-refractivity contribution is 6.05. The standard InChI is InChI=1S/C27H32FNO3/c1-7-9-14-32-25-21-16-19(28)11-13-22(21)29-24(23(25)26(30)31-8-2)20-12-10-18(15-17(20)3)27(4,5)6/h10-13,15-16H,7-9,14H2,1-6H3. The summed E-state index contributed by atoms with van der Waals surface area (Å²) in [7, 11) is 0. The summed E-state index contributed by atoms with van der Waals surface area (Å²) in [5, 5.41) is 0.469. The van der Waals surface area contributed by atoms with Gasteiger partial charge in [-0.25, -0.2) is 14.2 Å². The summed E-state index contributed by atoms with van der Waals surface area (Å²) in [4.78, 5) is 17.9. The molecule has 0 saturated carbocycles. The van der Waals surface area contributed by atoms with E-state index in [0.717, 1.165) is 24.0 Å². The highest BCUT2D eigenvalue weighted by atomic mass is 19.1. The number of unbranched alkanes of at least 4 members (excludes halogenated alkanes) is 1. The first-order chi connectivity index (χ1) is 15.2. The summed E-state index contributed by atoms with van der Waals surface area (Å²) in [5.41, 5.74) is 4.32. The zero-order valence-corrected chi connectivity index (χ0v) is 19.8. The SMILES string of the molecule is CCCCOc1c(C(=O)OCC)c(-c2ccc(C(C)(C)C)cc2C)nc2ccc(F)cc12. The molecule has 0 N–H and O–H groups in total. The number of nitrogens with zero attached hydrogens (tertiary/aromatic N) is 1. The highest BCUT2D eigenvalue weighted by Gasteiger charge is 2.26. The van der Waals surface area contributed by atoms with Gasteiger partial charge in [0.25, 0.3) is 0 Å². The van der Waals surface area contributed by atoms with Gasteiger partial charge in [0.2, 0.25) is 0 Å². The second kappa shape index (κ2) is 9.68. The molecule has 0 bridgehead atoms. The van der Waals surface area contributed by atoms with Crippen LogP contribution in [-0.4, -0.2) is 24.2 Å². The van der Waals surface area contributed by atoms with Crippen LogP contribution >= 0.6 is 0 Å². The number of aromatic nitrogens is 1. The third-order valence-electron chi connectivity index (χ3n) is 5.47. The fraction of sp³-hybridized carbons (Fsp3) is 0.407. The number of halogens is 1. The molecule has 0 radical (unpaired) electrons. The first-order valence-corrected chi connectivity index (χ1v) is 11.2. The fourth-order valence-corrected chi connectivity index (χ4v) is 3.66. The third kappa shape index (κ3) is 4.93. The minimum Gasteiger partial charge on any atom is -0.492 e. The van der Waals surface area contributed by atoms with Crippen molar-refractivity contribution in [3.63, 3.8) is 0 Å². The van der Waals surface area contributed by atoms with Crippen LogP contribution in [-0.2, 0) is 10.2 Å². The molecule has 5 heteroatoms. The number of rotatable bonds is 7. The molecule has 0 spiro atoms. The van der Waals surface area contributed by atoms with Crippen LogP contribution in [0, 0.1) is 12.7 Å². The van der Waals surface area contributed by atoms with E-state index < -0.39 is 11.8 Å². The van der Waals surface area contributed by atoms with E-state index >= 15 is 0 Å². The number of pyridine rings is 1. The van der Waals surface area contributed by atoms with Crippen molar-refractivity contribution in [1.82, 2.24) is 4.98 Å². The minimum absolute atomic E-state index is 0.00394. The van der Waals surface area contributed by atoms with Gasteiger partial charge in [-0.05, 0) is 55.0 Å². The number of hydrogen-bond donors (Lipinski definition) is 0. The topological polar surface area (TPSA) is 48.4 Å². The van der Waals surface area contributed by atoms with Crippen molar-refractivity contribution in [1.29, 1.82) is 0 Å². The van der Waals surface area contributed by atoms with Crippen molar-refractivity contribution < 1.29 is 18.7 Å². The molecule has 4 nitrogen and oxygen atoms in total. The van der Waals surface area contributed by atoms with Crippen LogP contribution in [0.5, 0.6) is 5.75 Å². The molecule has 1 aromatic heterocycles. The van der Waals surface area contributed by atoms with E-state index in [1.807, 2.05) is 13.0 Å². The summed E-state index contributed by atoms with van der Waals surface area (Å²) in [6, 6.07) is 10.5. The molecule has 2 aromatic carbocycles. The highest BCUT2D eigenvalue weighted by Crippen LogP contribution is 2.39. The maximum absolute atomic E-state index is 14.1. The maximum Gasteiger partial charge on any atom is 0.344 e. The number of benzene rings is 2. The lowest BCUT2D eigenvalue weighted by Crippen LogP contribution is -2.14. The van der Waals surface area contributed by atoms with Crippen molar-refractivity contribution in [3.05, 3.63) is 58.9 Å². The third-order valence-corrected chi connectivity index (χ3v) is 5.47. The molecule has 0 fully saturated rings. The van der Waals surface area contributed by atoms with Crippen molar-refractivity contribution in [2.75, 3.05) is 13.2 Å². The first-order valence-electron chi connectivity index (χ1n) is 11.2. The van der Waals surface area contributed by atoms with Crippen LogP contribution in [0.2, 0.25) is 0 Å². The van der Waals surface area contributed by atoms with Crippen LogP contribution in [0.3, 0.4) is 0 Å². The monoisotopic (exact) mass is 437 g/mol. The zero-order valence-electron chi connectivity index (χ0n) is 19.8. The lowest BCUT2D eigenvalue weighted by Gasteiger charge is -2.22. The van der Waals surface area contributed by atoms with Crippen LogP contribution in [0.15, 0.2) is 36.4 Å². The summed E-state index contributed by atoms with van der Waals surface area (Å²) in [6.45, 7) is 12.9. The van der Waals surface area contributed by atoms with Gasteiger partial charge in [0.1, 0.15) is 17.1 Å². The molecule has 3 aromatic rings. The van der Waals surface area contributed by atoms with Gasteiger partial charge in [-0.15, -0.1) is 0 Å². The van der Waals surface area contributed by atoms with Crippen molar-refractivity contribution in [2.45, 2.75) is 59.8 Å². The van der Waals surface area contributed by atoms with Crippen molar-refractivity contribution in [2.24, 2.45) is 0 Å². The molecular formula is C27H32FNO3. The smallest absolute Gasteiger partial charge is 0.344 e. The Morgan fingerprint density at radius 3 is 2.47 bits per heavy atom. The van der Waals surface area contributed by atoms with Gasteiger partial charge in [0.15, 0.2) is 0 Å². The molecule has 0 saturated heterocycles. The molecule has 0 aliphatic carbocycles. The Morgan fingerprint density at radius 2 is 1.84 bits per heavy atom. The summed E-state index contributed by atoms with van der Waals surface area (Å²) in [6.07, 6.45) is 1.75. The number of esters is 1. The molecule has 3 rings (SSSR count). The summed E-state index contributed by atoms with van der Waals surface area (Å²) < 4.78 is 25.6. The number of carbonyl (C=O) groups is 1. The minimum atomic E-state index is -0.521. The molecule has 0 atom stereocenters. The molecule has 0 aliphatic heterocycles. The van der Waals surface area contributed by atoms with E-state index in [0.29, 0.717) is 29.0 Å². The van der Waals surface area contributed by atoms with Gasteiger partial charge in [-0.1, -0.05) is 52.3 Å².